The third-order valence-corrected chi connectivity index (χ3v) is 4.93. The predicted molar refractivity (Wildman–Crippen MR) is 98.4 cm³/mol. The molecule has 3 rings (SSSR count). The predicted octanol–water partition coefficient (Wildman–Crippen LogP) is 3.59. The molecule has 0 unspecified atom stereocenters. The number of anilines is 1. The Balaban J connectivity index is 1.50. The van der Waals surface area contributed by atoms with E-state index >= 15 is 0 Å². The van der Waals surface area contributed by atoms with Crippen molar-refractivity contribution >= 4 is 22.9 Å². The average molecular weight is 344 g/mol. The number of amides is 1. The van der Waals surface area contributed by atoms with E-state index < -0.39 is 0 Å². The van der Waals surface area contributed by atoms with Gasteiger partial charge in [0.1, 0.15) is 6.10 Å². The second-order valence-corrected chi connectivity index (χ2v) is 7.09. The lowest BCUT2D eigenvalue weighted by molar-refractivity contribution is -0.124. The van der Waals surface area contributed by atoms with E-state index in [1.54, 1.807) is 11.3 Å². The molecule has 4 nitrogen and oxygen atoms in total. The van der Waals surface area contributed by atoms with Crippen LogP contribution >= 0.6 is 11.3 Å². The number of nitrogens with one attached hydrogen (secondary N) is 2. The first-order valence-electron chi connectivity index (χ1n) is 8.46. The highest BCUT2D eigenvalue weighted by Crippen LogP contribution is 2.16. The van der Waals surface area contributed by atoms with Crippen LogP contribution in [0.1, 0.15) is 30.9 Å². The lowest BCUT2D eigenvalue weighted by Gasteiger charge is -2.14. The number of hydrogen-bond acceptors (Lipinski definition) is 4. The first kappa shape index (κ1) is 17.1. The lowest BCUT2D eigenvalue weighted by atomic mass is 10.1. The summed E-state index contributed by atoms with van der Waals surface area (Å²) >= 11 is 1.74. The van der Waals surface area contributed by atoms with Crippen LogP contribution in [0.4, 0.5) is 5.69 Å². The van der Waals surface area contributed by atoms with Crippen molar-refractivity contribution in [3.05, 3.63) is 52.2 Å². The Morgan fingerprint density at radius 2 is 2.29 bits per heavy atom. The topological polar surface area (TPSA) is 50.4 Å². The van der Waals surface area contributed by atoms with Crippen LogP contribution < -0.4 is 10.6 Å². The Bertz CT molecular complexity index is 651. The van der Waals surface area contributed by atoms with Gasteiger partial charge in [-0.25, -0.2) is 0 Å². The van der Waals surface area contributed by atoms with Gasteiger partial charge < -0.3 is 15.4 Å². The van der Waals surface area contributed by atoms with E-state index in [1.807, 2.05) is 18.2 Å². The third kappa shape index (κ3) is 4.90. The first-order valence-corrected chi connectivity index (χ1v) is 9.41. The highest BCUT2D eigenvalue weighted by Gasteiger charge is 2.23. The Morgan fingerprint density at radius 1 is 1.38 bits per heavy atom. The summed E-state index contributed by atoms with van der Waals surface area (Å²) in [5, 5.41) is 10.8. The van der Waals surface area contributed by atoms with Crippen LogP contribution in [0.25, 0.3) is 0 Å². The third-order valence-electron chi connectivity index (χ3n) is 4.19. The molecule has 5 heteroatoms. The molecule has 24 heavy (non-hydrogen) atoms. The minimum Gasteiger partial charge on any atom is -0.368 e. The zero-order valence-corrected chi connectivity index (χ0v) is 14.8. The summed E-state index contributed by atoms with van der Waals surface area (Å²) in [4.78, 5) is 12.1. The molecule has 1 aromatic carbocycles. The van der Waals surface area contributed by atoms with E-state index in [0.29, 0.717) is 12.6 Å². The second-order valence-electron chi connectivity index (χ2n) is 6.31. The molecule has 0 radical (unpaired) electrons. The first-order chi connectivity index (χ1) is 11.7. The van der Waals surface area contributed by atoms with Crippen molar-refractivity contribution in [2.45, 2.75) is 44.9 Å². The molecule has 2 N–H and O–H groups in total. The fraction of sp³-hybridized carbons (Fsp3) is 0.421. The Labute approximate surface area is 147 Å². The summed E-state index contributed by atoms with van der Waals surface area (Å²) in [5.41, 5.74) is 3.37. The van der Waals surface area contributed by atoms with Crippen molar-refractivity contribution in [3.63, 3.8) is 0 Å². The smallest absolute Gasteiger partial charge is 0.253 e. The molecule has 1 amide bonds. The molecule has 1 aliphatic heterocycles. The summed E-state index contributed by atoms with van der Waals surface area (Å²) < 4.78 is 5.42. The van der Waals surface area contributed by atoms with E-state index in [9.17, 15) is 4.79 Å². The fourth-order valence-electron chi connectivity index (χ4n) is 2.89. The van der Waals surface area contributed by atoms with Gasteiger partial charge in [0.25, 0.3) is 5.91 Å². The highest BCUT2D eigenvalue weighted by atomic mass is 32.1. The van der Waals surface area contributed by atoms with Crippen molar-refractivity contribution < 1.29 is 9.53 Å². The standard InChI is InChI=1S/C19H24N2O2S/c1-14(10-16-7-9-24-13-16)20-12-15-4-2-5-17(11-15)21-19(22)18-6-3-8-23-18/h2,4-5,7,9,11,13-14,18,20H,3,6,8,10,12H2,1H3,(H,21,22)/t14-,18+/m1/s1. The molecule has 0 bridgehead atoms. The summed E-state index contributed by atoms with van der Waals surface area (Å²) in [6.07, 6.45) is 2.51. The van der Waals surface area contributed by atoms with Gasteiger partial charge in [-0.05, 0) is 66.3 Å². The zero-order valence-electron chi connectivity index (χ0n) is 14.0. The molecule has 2 aromatic rings. The molecule has 2 heterocycles. The monoisotopic (exact) mass is 344 g/mol. The van der Waals surface area contributed by atoms with Crippen LogP contribution in [-0.4, -0.2) is 24.7 Å². The van der Waals surface area contributed by atoms with Crippen LogP contribution in [0, 0.1) is 0 Å². The number of carbonyl (C=O) groups is 1. The molecule has 1 fully saturated rings. The van der Waals surface area contributed by atoms with Crippen LogP contribution in [0.2, 0.25) is 0 Å². The van der Waals surface area contributed by atoms with E-state index in [4.69, 9.17) is 4.74 Å². The van der Waals surface area contributed by atoms with E-state index in [2.05, 4.69) is 40.5 Å². The Kier molecular flexibility index (Phi) is 6.01. The van der Waals surface area contributed by atoms with Crippen molar-refractivity contribution in [2.75, 3.05) is 11.9 Å². The molecule has 1 saturated heterocycles. The molecule has 128 valence electrons. The number of ether oxygens (including phenoxy) is 1. The zero-order chi connectivity index (χ0) is 16.8. The van der Waals surface area contributed by atoms with Crippen LogP contribution in [-0.2, 0) is 22.5 Å². The van der Waals surface area contributed by atoms with E-state index in [0.717, 1.165) is 37.1 Å². The maximum absolute atomic E-state index is 12.1. The largest absolute Gasteiger partial charge is 0.368 e. The Morgan fingerprint density at radius 3 is 3.04 bits per heavy atom. The van der Waals surface area contributed by atoms with Gasteiger partial charge in [-0.3, -0.25) is 4.79 Å². The summed E-state index contributed by atoms with van der Waals surface area (Å²) in [6.45, 7) is 3.67. The molecule has 2 atom stereocenters. The normalized spacial score (nSPS) is 18.5. The van der Waals surface area contributed by atoms with Gasteiger partial charge >= 0.3 is 0 Å². The fourth-order valence-corrected chi connectivity index (χ4v) is 3.57. The van der Waals surface area contributed by atoms with Crippen molar-refractivity contribution in [1.82, 2.24) is 5.32 Å². The van der Waals surface area contributed by atoms with Gasteiger partial charge in [0.15, 0.2) is 0 Å². The lowest BCUT2D eigenvalue weighted by Crippen LogP contribution is -2.28. The summed E-state index contributed by atoms with van der Waals surface area (Å²) in [7, 11) is 0. The quantitative estimate of drug-likeness (QED) is 0.807. The van der Waals surface area contributed by atoms with Crippen molar-refractivity contribution in [1.29, 1.82) is 0 Å². The van der Waals surface area contributed by atoms with Crippen LogP contribution in [0.15, 0.2) is 41.1 Å². The minimum absolute atomic E-state index is 0.0385. The number of thiophene rings is 1. The maximum Gasteiger partial charge on any atom is 0.253 e. The van der Waals surface area contributed by atoms with Gasteiger partial charge in [-0.15, -0.1) is 0 Å². The van der Waals surface area contributed by atoms with Crippen LogP contribution in [0.3, 0.4) is 0 Å². The van der Waals surface area contributed by atoms with Gasteiger partial charge in [0, 0.05) is 24.9 Å². The molecule has 1 aliphatic rings. The van der Waals surface area contributed by atoms with Crippen molar-refractivity contribution in [3.8, 4) is 0 Å². The van der Waals surface area contributed by atoms with Gasteiger partial charge in [0.05, 0.1) is 0 Å². The number of hydrogen-bond donors (Lipinski definition) is 2. The number of rotatable bonds is 7. The van der Waals surface area contributed by atoms with E-state index in [-0.39, 0.29) is 12.0 Å². The van der Waals surface area contributed by atoms with Gasteiger partial charge in [-0.1, -0.05) is 12.1 Å². The number of benzene rings is 1. The molecule has 1 aromatic heterocycles. The number of carbonyl (C=O) groups excluding carboxylic acids is 1. The molecule has 0 spiro atoms. The van der Waals surface area contributed by atoms with Crippen LogP contribution in [0.5, 0.6) is 0 Å². The maximum atomic E-state index is 12.1. The van der Waals surface area contributed by atoms with Crippen molar-refractivity contribution in [2.24, 2.45) is 0 Å². The average Bonchev–Trinajstić information content (AvgIpc) is 3.27. The molecular weight excluding hydrogens is 320 g/mol. The molecule has 0 aliphatic carbocycles. The Hall–Kier alpha value is -1.69. The van der Waals surface area contributed by atoms with E-state index in [1.165, 1.54) is 5.56 Å². The summed E-state index contributed by atoms with van der Waals surface area (Å²) in [5.74, 6) is -0.0385. The van der Waals surface area contributed by atoms with Gasteiger partial charge in [-0.2, -0.15) is 11.3 Å². The second kappa shape index (κ2) is 8.42. The molecular formula is C19H24N2O2S. The summed E-state index contributed by atoms with van der Waals surface area (Å²) in [6, 6.07) is 10.6. The van der Waals surface area contributed by atoms with Gasteiger partial charge in [0.2, 0.25) is 0 Å². The highest BCUT2D eigenvalue weighted by molar-refractivity contribution is 7.07. The minimum atomic E-state index is -0.294. The molecule has 0 saturated carbocycles. The SMILES string of the molecule is C[C@H](Cc1ccsc1)NCc1cccc(NC(=O)[C@@H]2CCCO2)c1.